The Labute approximate surface area is 170 Å². The van der Waals surface area contributed by atoms with E-state index in [4.69, 9.17) is 16.6 Å². The van der Waals surface area contributed by atoms with Crippen LogP contribution in [0.1, 0.15) is 5.56 Å². The number of nitrogens with one attached hydrogen (secondary N) is 1. The molecule has 0 aliphatic rings. The van der Waals surface area contributed by atoms with Gasteiger partial charge < -0.3 is 5.32 Å². The van der Waals surface area contributed by atoms with Crippen molar-refractivity contribution in [1.29, 1.82) is 0 Å². The molecule has 0 atom stereocenters. The van der Waals surface area contributed by atoms with Crippen molar-refractivity contribution >= 4 is 17.5 Å². The van der Waals surface area contributed by atoms with Gasteiger partial charge in [0.25, 0.3) is 0 Å². The topological polar surface area (TPSA) is 37.8 Å². The lowest BCUT2D eigenvalue weighted by Crippen LogP contribution is -2.08. The van der Waals surface area contributed by atoms with Gasteiger partial charge in [-0.25, -0.2) is 9.97 Å². The van der Waals surface area contributed by atoms with Gasteiger partial charge in [0.15, 0.2) is 0 Å². The van der Waals surface area contributed by atoms with Gasteiger partial charge in [0.1, 0.15) is 0 Å². The standard InChI is InChI=1S/C24H20ClN3/c25-21-13-7-12-20(16-21)22-17-27-24(26-15-14-18-8-3-1-4-9-18)28-23(22)19-10-5-2-6-11-19/h1-13,16-17H,14-15H2,(H,26,27,28). The molecule has 1 aromatic heterocycles. The Bertz CT molecular complexity index is 1050. The average molecular weight is 386 g/mol. The molecule has 0 unspecified atom stereocenters. The van der Waals surface area contributed by atoms with Gasteiger partial charge in [-0.15, -0.1) is 0 Å². The highest BCUT2D eigenvalue weighted by atomic mass is 35.5. The molecule has 4 aromatic rings. The summed E-state index contributed by atoms with van der Waals surface area (Å²) in [4.78, 5) is 9.35. The fourth-order valence-corrected chi connectivity index (χ4v) is 3.30. The normalized spacial score (nSPS) is 10.6. The zero-order valence-corrected chi connectivity index (χ0v) is 16.1. The third-order valence-corrected chi connectivity index (χ3v) is 4.75. The van der Waals surface area contributed by atoms with Crippen LogP contribution in [0.5, 0.6) is 0 Å². The van der Waals surface area contributed by atoms with Crippen LogP contribution in [0.25, 0.3) is 22.4 Å². The fraction of sp³-hybridized carbons (Fsp3) is 0.0833. The van der Waals surface area contributed by atoms with E-state index in [1.54, 1.807) is 0 Å². The van der Waals surface area contributed by atoms with Crippen LogP contribution in [0.15, 0.2) is 91.1 Å². The molecule has 0 spiro atoms. The summed E-state index contributed by atoms with van der Waals surface area (Å²) in [5.74, 6) is 0.626. The molecule has 0 aliphatic heterocycles. The van der Waals surface area contributed by atoms with Gasteiger partial charge in [0.05, 0.1) is 5.69 Å². The Kier molecular flexibility index (Phi) is 5.64. The van der Waals surface area contributed by atoms with E-state index >= 15 is 0 Å². The number of nitrogens with zero attached hydrogens (tertiary/aromatic N) is 2. The van der Waals surface area contributed by atoms with E-state index < -0.39 is 0 Å². The molecule has 0 saturated heterocycles. The number of halogens is 1. The van der Waals surface area contributed by atoms with Gasteiger partial charge in [-0.3, -0.25) is 0 Å². The van der Waals surface area contributed by atoms with Gasteiger partial charge in [-0.1, -0.05) is 84.4 Å². The summed E-state index contributed by atoms with van der Waals surface area (Å²) in [6.45, 7) is 0.773. The van der Waals surface area contributed by atoms with Crippen LogP contribution >= 0.6 is 11.6 Å². The minimum Gasteiger partial charge on any atom is -0.354 e. The molecule has 1 heterocycles. The van der Waals surface area contributed by atoms with Crippen LogP contribution in [0.3, 0.4) is 0 Å². The first-order valence-electron chi connectivity index (χ1n) is 9.26. The predicted octanol–water partition coefficient (Wildman–Crippen LogP) is 6.12. The largest absolute Gasteiger partial charge is 0.354 e. The van der Waals surface area contributed by atoms with Crippen molar-refractivity contribution in [2.75, 3.05) is 11.9 Å². The molecule has 3 nitrogen and oxygen atoms in total. The molecule has 0 radical (unpaired) electrons. The first kappa shape index (κ1) is 18.2. The molecular weight excluding hydrogens is 366 g/mol. The van der Waals surface area contributed by atoms with E-state index in [9.17, 15) is 0 Å². The van der Waals surface area contributed by atoms with Crippen molar-refractivity contribution in [1.82, 2.24) is 9.97 Å². The highest BCUT2D eigenvalue weighted by molar-refractivity contribution is 6.30. The molecule has 0 saturated carbocycles. The first-order valence-corrected chi connectivity index (χ1v) is 9.63. The molecule has 0 amide bonds. The highest BCUT2D eigenvalue weighted by Gasteiger charge is 2.12. The van der Waals surface area contributed by atoms with Crippen molar-refractivity contribution < 1.29 is 0 Å². The van der Waals surface area contributed by atoms with Crippen LogP contribution in [0.2, 0.25) is 5.02 Å². The van der Waals surface area contributed by atoms with Crippen LogP contribution in [-0.2, 0) is 6.42 Å². The lowest BCUT2D eigenvalue weighted by atomic mass is 10.0. The molecule has 4 rings (SSSR count). The SMILES string of the molecule is Clc1cccc(-c2cnc(NCCc3ccccc3)nc2-c2ccccc2)c1. The summed E-state index contributed by atoms with van der Waals surface area (Å²) < 4.78 is 0. The zero-order chi connectivity index (χ0) is 19.2. The second kappa shape index (κ2) is 8.68. The number of hydrogen-bond acceptors (Lipinski definition) is 3. The number of anilines is 1. The molecule has 0 aliphatic carbocycles. The lowest BCUT2D eigenvalue weighted by Gasteiger charge is -2.12. The Morgan fingerprint density at radius 2 is 1.50 bits per heavy atom. The highest BCUT2D eigenvalue weighted by Crippen LogP contribution is 2.31. The summed E-state index contributed by atoms with van der Waals surface area (Å²) in [6.07, 6.45) is 2.78. The zero-order valence-electron chi connectivity index (χ0n) is 15.3. The van der Waals surface area contributed by atoms with Crippen molar-refractivity contribution in [3.8, 4) is 22.4 Å². The van der Waals surface area contributed by atoms with Gasteiger partial charge in [-0.2, -0.15) is 0 Å². The van der Waals surface area contributed by atoms with E-state index in [2.05, 4.69) is 46.7 Å². The average Bonchev–Trinajstić information content (AvgIpc) is 2.75. The summed E-state index contributed by atoms with van der Waals surface area (Å²) in [5.41, 5.74) is 5.18. The van der Waals surface area contributed by atoms with Gasteiger partial charge in [0, 0.05) is 28.9 Å². The van der Waals surface area contributed by atoms with Crippen molar-refractivity contribution in [2.45, 2.75) is 6.42 Å². The molecule has 0 fully saturated rings. The van der Waals surface area contributed by atoms with Crippen LogP contribution in [0.4, 0.5) is 5.95 Å². The predicted molar refractivity (Wildman–Crippen MR) is 117 cm³/mol. The maximum absolute atomic E-state index is 6.20. The van der Waals surface area contributed by atoms with Gasteiger partial charge >= 0.3 is 0 Å². The lowest BCUT2D eigenvalue weighted by molar-refractivity contribution is 0.985. The minimum atomic E-state index is 0.626. The van der Waals surface area contributed by atoms with Crippen LogP contribution in [0, 0.1) is 0 Å². The number of benzene rings is 3. The summed E-state index contributed by atoms with van der Waals surface area (Å²) in [7, 11) is 0. The van der Waals surface area contributed by atoms with E-state index in [1.165, 1.54) is 5.56 Å². The number of aromatic nitrogens is 2. The summed E-state index contributed by atoms with van der Waals surface area (Å²) >= 11 is 6.20. The third kappa shape index (κ3) is 4.38. The molecule has 0 bridgehead atoms. The fourth-order valence-electron chi connectivity index (χ4n) is 3.11. The Morgan fingerprint density at radius 3 is 2.25 bits per heavy atom. The second-order valence-electron chi connectivity index (χ2n) is 6.49. The summed E-state index contributed by atoms with van der Waals surface area (Å²) in [6, 6.07) is 28.3. The van der Waals surface area contributed by atoms with Crippen molar-refractivity contribution in [3.05, 3.63) is 102 Å². The molecular formula is C24H20ClN3. The third-order valence-electron chi connectivity index (χ3n) is 4.51. The van der Waals surface area contributed by atoms with Crippen LogP contribution < -0.4 is 5.32 Å². The van der Waals surface area contributed by atoms with E-state index in [0.717, 1.165) is 35.3 Å². The maximum Gasteiger partial charge on any atom is 0.223 e. The first-order chi connectivity index (χ1) is 13.8. The Hall–Kier alpha value is -3.17. The smallest absolute Gasteiger partial charge is 0.223 e. The quantitative estimate of drug-likeness (QED) is 0.434. The Morgan fingerprint density at radius 1 is 0.786 bits per heavy atom. The van der Waals surface area contributed by atoms with Crippen molar-refractivity contribution in [2.24, 2.45) is 0 Å². The number of rotatable bonds is 6. The summed E-state index contributed by atoms with van der Waals surface area (Å²) in [5, 5.41) is 4.04. The molecule has 1 N–H and O–H groups in total. The van der Waals surface area contributed by atoms with Crippen molar-refractivity contribution in [3.63, 3.8) is 0 Å². The van der Waals surface area contributed by atoms with E-state index in [0.29, 0.717) is 11.0 Å². The molecule has 4 heteroatoms. The molecule has 138 valence electrons. The maximum atomic E-state index is 6.20. The molecule has 3 aromatic carbocycles. The monoisotopic (exact) mass is 385 g/mol. The van der Waals surface area contributed by atoms with E-state index in [1.807, 2.05) is 54.7 Å². The Balaban J connectivity index is 1.63. The van der Waals surface area contributed by atoms with Gasteiger partial charge in [0.2, 0.25) is 5.95 Å². The van der Waals surface area contributed by atoms with Gasteiger partial charge in [-0.05, 0) is 29.7 Å². The van der Waals surface area contributed by atoms with E-state index in [-0.39, 0.29) is 0 Å². The number of hydrogen-bond donors (Lipinski definition) is 1. The minimum absolute atomic E-state index is 0.626. The molecule has 28 heavy (non-hydrogen) atoms. The second-order valence-corrected chi connectivity index (χ2v) is 6.93. The van der Waals surface area contributed by atoms with Crippen LogP contribution in [-0.4, -0.2) is 16.5 Å².